The van der Waals surface area contributed by atoms with Crippen molar-refractivity contribution in [3.8, 4) is 5.75 Å². The summed E-state index contributed by atoms with van der Waals surface area (Å²) in [6, 6.07) is 9.96. The maximum Gasteiger partial charge on any atom is 0.191 e. The highest BCUT2D eigenvalue weighted by Crippen LogP contribution is 2.19. The predicted octanol–water partition coefficient (Wildman–Crippen LogP) is 2.90. The summed E-state index contributed by atoms with van der Waals surface area (Å²) in [6.45, 7) is 0.786. The zero-order valence-corrected chi connectivity index (χ0v) is 13.3. The molecule has 0 bridgehead atoms. The minimum absolute atomic E-state index is 0.752. The first-order valence-corrected chi connectivity index (χ1v) is 7.96. The molecule has 21 heavy (non-hydrogen) atoms. The topological polar surface area (TPSA) is 59.1 Å². The molecule has 0 fully saturated rings. The van der Waals surface area contributed by atoms with Crippen molar-refractivity contribution < 1.29 is 4.74 Å². The van der Waals surface area contributed by atoms with E-state index in [1.54, 1.807) is 7.11 Å². The third-order valence-electron chi connectivity index (χ3n) is 3.04. The molecular weight excluding hydrogens is 284 g/mol. The minimum atomic E-state index is 0.752. The lowest BCUT2D eigenvalue weighted by Gasteiger charge is -2.10. The lowest BCUT2D eigenvalue weighted by atomic mass is 10.1. The average molecular weight is 304 g/mol. The molecule has 0 aliphatic heterocycles. The number of methoxy groups -OCH3 is 1. The van der Waals surface area contributed by atoms with Gasteiger partial charge in [-0.25, -0.2) is 9.97 Å². The molecule has 0 aliphatic carbocycles. The highest BCUT2D eigenvalue weighted by molar-refractivity contribution is 7.98. The van der Waals surface area contributed by atoms with Crippen LogP contribution in [0, 0.1) is 0 Å². The SMILES string of the molecule is CNc1cc(NCCc2ccccc2OC)nc(SC)n1. The van der Waals surface area contributed by atoms with Gasteiger partial charge in [0.1, 0.15) is 17.4 Å². The number of nitrogens with one attached hydrogen (secondary N) is 2. The van der Waals surface area contributed by atoms with Crippen LogP contribution >= 0.6 is 11.8 Å². The van der Waals surface area contributed by atoms with E-state index in [-0.39, 0.29) is 0 Å². The van der Waals surface area contributed by atoms with Gasteiger partial charge in [-0.2, -0.15) is 0 Å². The Morgan fingerprint density at radius 3 is 2.67 bits per heavy atom. The molecule has 0 aliphatic rings. The summed E-state index contributed by atoms with van der Waals surface area (Å²) in [5.74, 6) is 2.56. The zero-order chi connectivity index (χ0) is 15.1. The van der Waals surface area contributed by atoms with E-state index in [2.05, 4.69) is 26.7 Å². The Balaban J connectivity index is 2.00. The van der Waals surface area contributed by atoms with E-state index in [1.165, 1.54) is 17.3 Å². The summed E-state index contributed by atoms with van der Waals surface area (Å²) in [5.41, 5.74) is 1.18. The van der Waals surface area contributed by atoms with E-state index in [0.717, 1.165) is 35.5 Å². The molecule has 1 aromatic heterocycles. The van der Waals surface area contributed by atoms with Crippen LogP contribution in [0.4, 0.5) is 11.6 Å². The number of rotatable bonds is 7. The standard InChI is InChI=1S/C15H20N4OS/c1-16-13-10-14(19-15(18-13)21-3)17-9-8-11-6-4-5-7-12(11)20-2/h4-7,10H,8-9H2,1-3H3,(H2,16,17,18,19). The van der Waals surface area contributed by atoms with Gasteiger partial charge in [-0.15, -0.1) is 0 Å². The predicted molar refractivity (Wildman–Crippen MR) is 88.5 cm³/mol. The van der Waals surface area contributed by atoms with Crippen molar-refractivity contribution in [2.75, 3.05) is 37.6 Å². The third-order valence-corrected chi connectivity index (χ3v) is 3.59. The molecule has 6 heteroatoms. The molecule has 1 heterocycles. The van der Waals surface area contributed by atoms with Gasteiger partial charge < -0.3 is 15.4 Å². The fourth-order valence-corrected chi connectivity index (χ4v) is 2.35. The van der Waals surface area contributed by atoms with E-state index in [9.17, 15) is 0 Å². The first-order chi connectivity index (χ1) is 10.3. The summed E-state index contributed by atoms with van der Waals surface area (Å²) in [5, 5.41) is 7.13. The van der Waals surface area contributed by atoms with Gasteiger partial charge in [0.25, 0.3) is 0 Å². The van der Waals surface area contributed by atoms with Gasteiger partial charge in [0.15, 0.2) is 5.16 Å². The summed E-state index contributed by atoms with van der Waals surface area (Å²) in [6.07, 6.45) is 2.84. The fraction of sp³-hybridized carbons (Fsp3) is 0.333. The number of para-hydroxylation sites is 1. The van der Waals surface area contributed by atoms with Gasteiger partial charge in [0.05, 0.1) is 7.11 Å². The Morgan fingerprint density at radius 2 is 1.95 bits per heavy atom. The number of aromatic nitrogens is 2. The summed E-state index contributed by atoms with van der Waals surface area (Å²) in [4.78, 5) is 8.79. The van der Waals surface area contributed by atoms with Crippen molar-refractivity contribution in [3.63, 3.8) is 0 Å². The Kier molecular flexibility index (Phi) is 5.68. The lowest BCUT2D eigenvalue weighted by Crippen LogP contribution is -2.08. The van der Waals surface area contributed by atoms with E-state index < -0.39 is 0 Å². The van der Waals surface area contributed by atoms with Gasteiger partial charge in [0, 0.05) is 19.7 Å². The highest BCUT2D eigenvalue weighted by Gasteiger charge is 2.04. The second-order valence-electron chi connectivity index (χ2n) is 4.36. The van der Waals surface area contributed by atoms with Gasteiger partial charge in [-0.3, -0.25) is 0 Å². The van der Waals surface area contributed by atoms with E-state index in [4.69, 9.17) is 4.74 Å². The highest BCUT2D eigenvalue weighted by atomic mass is 32.2. The molecule has 0 saturated carbocycles. The zero-order valence-electron chi connectivity index (χ0n) is 12.5. The number of ether oxygens (including phenoxy) is 1. The summed E-state index contributed by atoms with van der Waals surface area (Å²) < 4.78 is 5.35. The second-order valence-corrected chi connectivity index (χ2v) is 5.14. The van der Waals surface area contributed by atoms with Crippen LogP contribution < -0.4 is 15.4 Å². The molecule has 0 saturated heterocycles. The molecule has 0 atom stereocenters. The van der Waals surface area contributed by atoms with Gasteiger partial charge in [-0.05, 0) is 24.3 Å². The average Bonchev–Trinajstić information content (AvgIpc) is 2.54. The number of nitrogens with zero attached hydrogens (tertiary/aromatic N) is 2. The van der Waals surface area contributed by atoms with Crippen LogP contribution in [-0.2, 0) is 6.42 Å². The third kappa shape index (κ3) is 4.26. The van der Waals surface area contributed by atoms with Crippen LogP contribution in [0.5, 0.6) is 5.75 Å². The van der Waals surface area contributed by atoms with Crippen molar-refractivity contribution in [3.05, 3.63) is 35.9 Å². The summed E-state index contributed by atoms with van der Waals surface area (Å²) in [7, 11) is 3.55. The molecule has 0 amide bonds. The monoisotopic (exact) mass is 304 g/mol. The van der Waals surface area contributed by atoms with E-state index in [1.807, 2.05) is 37.6 Å². The molecule has 0 radical (unpaired) electrons. The van der Waals surface area contributed by atoms with Crippen molar-refractivity contribution in [1.82, 2.24) is 9.97 Å². The van der Waals surface area contributed by atoms with Gasteiger partial charge >= 0.3 is 0 Å². The Hall–Kier alpha value is -1.95. The maximum atomic E-state index is 5.35. The first-order valence-electron chi connectivity index (χ1n) is 6.73. The molecule has 2 rings (SSSR count). The molecule has 5 nitrogen and oxygen atoms in total. The van der Waals surface area contributed by atoms with Crippen molar-refractivity contribution >= 4 is 23.4 Å². The number of thioether (sulfide) groups is 1. The normalized spacial score (nSPS) is 10.2. The van der Waals surface area contributed by atoms with Crippen molar-refractivity contribution in [2.24, 2.45) is 0 Å². The van der Waals surface area contributed by atoms with Crippen molar-refractivity contribution in [2.45, 2.75) is 11.6 Å². The lowest BCUT2D eigenvalue weighted by molar-refractivity contribution is 0.410. The quantitative estimate of drug-likeness (QED) is 0.606. The van der Waals surface area contributed by atoms with E-state index >= 15 is 0 Å². The summed E-state index contributed by atoms with van der Waals surface area (Å²) >= 11 is 1.53. The smallest absolute Gasteiger partial charge is 0.191 e. The van der Waals surface area contributed by atoms with Crippen LogP contribution in [0.25, 0.3) is 0 Å². The largest absolute Gasteiger partial charge is 0.496 e. The minimum Gasteiger partial charge on any atom is -0.496 e. The fourth-order valence-electron chi connectivity index (χ4n) is 1.97. The first kappa shape index (κ1) is 15.4. The maximum absolute atomic E-state index is 5.35. The number of hydrogen-bond donors (Lipinski definition) is 2. The van der Waals surface area contributed by atoms with Crippen molar-refractivity contribution in [1.29, 1.82) is 0 Å². The molecule has 0 unspecified atom stereocenters. The molecule has 112 valence electrons. The Morgan fingerprint density at radius 1 is 1.19 bits per heavy atom. The van der Waals surface area contributed by atoms with E-state index in [0.29, 0.717) is 0 Å². The number of anilines is 2. The van der Waals surface area contributed by atoms with Gasteiger partial charge in [-0.1, -0.05) is 30.0 Å². The molecular formula is C15H20N4OS. The number of hydrogen-bond acceptors (Lipinski definition) is 6. The molecule has 0 spiro atoms. The second kappa shape index (κ2) is 7.73. The molecule has 1 aromatic carbocycles. The Bertz CT molecular complexity index is 569. The van der Waals surface area contributed by atoms with Gasteiger partial charge in [0.2, 0.25) is 0 Å². The molecule has 2 N–H and O–H groups in total. The van der Waals surface area contributed by atoms with Crippen LogP contribution in [0.3, 0.4) is 0 Å². The number of benzene rings is 1. The van der Waals surface area contributed by atoms with Crippen LogP contribution in [0.15, 0.2) is 35.5 Å². The van der Waals surface area contributed by atoms with Crippen LogP contribution in [0.1, 0.15) is 5.56 Å². The van der Waals surface area contributed by atoms with Crippen LogP contribution in [-0.4, -0.2) is 36.9 Å². The Labute approximate surface area is 129 Å². The van der Waals surface area contributed by atoms with Crippen LogP contribution in [0.2, 0.25) is 0 Å². The molecule has 2 aromatic rings.